The third kappa shape index (κ3) is 1.87. The van der Waals surface area contributed by atoms with Crippen molar-refractivity contribution in [2.45, 2.75) is 18.8 Å². The Kier molecular flexibility index (Phi) is 2.99. The van der Waals surface area contributed by atoms with Crippen LogP contribution in [-0.2, 0) is 0 Å². The summed E-state index contributed by atoms with van der Waals surface area (Å²) in [6.45, 7) is 2.23. The molecule has 0 atom stereocenters. The largest absolute Gasteiger partial charge is 0.317 e. The van der Waals surface area contributed by atoms with Gasteiger partial charge in [-0.25, -0.2) is 0 Å². The highest BCUT2D eigenvalue weighted by Gasteiger charge is 2.24. The summed E-state index contributed by atoms with van der Waals surface area (Å²) < 4.78 is 1.87. The quantitative estimate of drug-likeness (QED) is 0.692. The highest BCUT2D eigenvalue weighted by atomic mass is 16.6. The predicted molar refractivity (Wildman–Crippen MR) is 54.0 cm³/mol. The molecule has 1 saturated heterocycles. The van der Waals surface area contributed by atoms with Gasteiger partial charge in [-0.3, -0.25) is 4.84 Å². The third-order valence-corrected chi connectivity index (χ3v) is 2.81. The number of aromatic nitrogens is 1. The second kappa shape index (κ2) is 4.42. The van der Waals surface area contributed by atoms with E-state index >= 15 is 0 Å². The Bertz CT molecular complexity index is 295. The number of nitrogens with zero attached hydrogens (tertiary/aromatic N) is 1. The molecule has 1 aromatic heterocycles. The lowest BCUT2D eigenvalue weighted by atomic mass is 9.94. The molecule has 0 radical (unpaired) electrons. The topological polar surface area (TPSA) is 25.1 Å². The van der Waals surface area contributed by atoms with E-state index in [0.717, 1.165) is 13.1 Å². The molecule has 3 heteroatoms. The molecule has 0 spiro atoms. The van der Waals surface area contributed by atoms with Gasteiger partial charge in [0.05, 0.1) is 5.92 Å². The minimum Gasteiger partial charge on any atom is -0.317 e. The van der Waals surface area contributed by atoms with E-state index in [-0.39, 0.29) is 0 Å². The number of hydrogen-bond donors (Lipinski definition) is 1. The van der Waals surface area contributed by atoms with Gasteiger partial charge >= 0.3 is 0 Å². The Balaban J connectivity index is 2.20. The van der Waals surface area contributed by atoms with Crippen molar-refractivity contribution in [1.29, 1.82) is 0 Å². The average Bonchev–Trinajstić information content (AvgIpc) is 2.30. The van der Waals surface area contributed by atoms with Crippen LogP contribution >= 0.6 is 0 Å². The van der Waals surface area contributed by atoms with Gasteiger partial charge in [0.1, 0.15) is 7.11 Å². The van der Waals surface area contributed by atoms with Crippen molar-refractivity contribution in [1.82, 2.24) is 5.32 Å². The van der Waals surface area contributed by atoms with Gasteiger partial charge < -0.3 is 5.32 Å². The lowest BCUT2D eigenvalue weighted by Crippen LogP contribution is -2.46. The molecule has 0 unspecified atom stereocenters. The monoisotopic (exact) mass is 193 g/mol. The van der Waals surface area contributed by atoms with E-state index in [9.17, 15) is 0 Å². The Hall–Kier alpha value is -1.09. The molecule has 14 heavy (non-hydrogen) atoms. The van der Waals surface area contributed by atoms with Crippen LogP contribution in [0.25, 0.3) is 0 Å². The molecule has 0 aliphatic carbocycles. The van der Waals surface area contributed by atoms with Crippen LogP contribution < -0.4 is 14.9 Å². The van der Waals surface area contributed by atoms with Crippen molar-refractivity contribution in [3.8, 4) is 0 Å². The molecule has 0 bridgehead atoms. The van der Waals surface area contributed by atoms with Gasteiger partial charge in [0.2, 0.25) is 11.9 Å². The molecule has 1 fully saturated rings. The first-order valence-electron chi connectivity index (χ1n) is 5.17. The lowest BCUT2D eigenvalue weighted by molar-refractivity contribution is -0.891. The van der Waals surface area contributed by atoms with Crippen LogP contribution in [0.1, 0.15) is 24.5 Å². The second-order valence-electron chi connectivity index (χ2n) is 3.66. The molecule has 0 saturated carbocycles. The van der Waals surface area contributed by atoms with Gasteiger partial charge in [-0.15, -0.1) is 0 Å². The molecule has 2 rings (SSSR count). The van der Waals surface area contributed by atoms with Gasteiger partial charge in [0, 0.05) is 16.9 Å². The number of nitrogens with one attached hydrogen (secondary N) is 1. The van der Waals surface area contributed by atoms with Crippen LogP contribution in [0.3, 0.4) is 0 Å². The van der Waals surface area contributed by atoms with Crippen molar-refractivity contribution < 1.29 is 9.57 Å². The van der Waals surface area contributed by atoms with E-state index < -0.39 is 0 Å². The maximum Gasteiger partial charge on any atom is 0.237 e. The molecule has 1 aliphatic heterocycles. The van der Waals surface area contributed by atoms with Crippen LogP contribution in [0.2, 0.25) is 0 Å². The number of rotatable bonds is 2. The fourth-order valence-corrected chi connectivity index (χ4v) is 2.04. The maximum atomic E-state index is 5.29. The smallest absolute Gasteiger partial charge is 0.237 e. The van der Waals surface area contributed by atoms with Crippen molar-refractivity contribution >= 4 is 0 Å². The van der Waals surface area contributed by atoms with Crippen LogP contribution in [0, 0.1) is 0 Å². The zero-order valence-electron chi connectivity index (χ0n) is 8.57. The molecule has 0 amide bonds. The van der Waals surface area contributed by atoms with Crippen molar-refractivity contribution in [2.75, 3.05) is 20.2 Å². The van der Waals surface area contributed by atoms with Gasteiger partial charge in [-0.2, -0.15) is 0 Å². The Morgan fingerprint density at radius 2 is 2.14 bits per heavy atom. The van der Waals surface area contributed by atoms with E-state index in [4.69, 9.17) is 4.84 Å². The number of pyridine rings is 1. The molecule has 0 aromatic carbocycles. The molecule has 2 heterocycles. The van der Waals surface area contributed by atoms with Gasteiger partial charge in [-0.1, -0.05) is 0 Å². The van der Waals surface area contributed by atoms with E-state index in [0.29, 0.717) is 5.92 Å². The summed E-state index contributed by atoms with van der Waals surface area (Å²) in [6, 6.07) is 6.22. The van der Waals surface area contributed by atoms with Crippen LogP contribution in [0.4, 0.5) is 0 Å². The Morgan fingerprint density at radius 3 is 2.86 bits per heavy atom. The van der Waals surface area contributed by atoms with Crippen LogP contribution in [-0.4, -0.2) is 20.2 Å². The lowest BCUT2D eigenvalue weighted by Gasteiger charge is -2.19. The summed E-state index contributed by atoms with van der Waals surface area (Å²) in [5, 5.41) is 3.37. The molecule has 76 valence electrons. The molecule has 1 aromatic rings. The minimum absolute atomic E-state index is 0.636. The minimum atomic E-state index is 0.636. The first-order valence-corrected chi connectivity index (χ1v) is 5.17. The van der Waals surface area contributed by atoms with E-state index in [1.54, 1.807) is 7.11 Å². The summed E-state index contributed by atoms with van der Waals surface area (Å²) in [7, 11) is 1.71. The fourth-order valence-electron chi connectivity index (χ4n) is 2.04. The highest BCUT2D eigenvalue weighted by Crippen LogP contribution is 2.21. The van der Waals surface area contributed by atoms with E-state index in [1.807, 2.05) is 17.0 Å². The number of piperidine rings is 1. The fraction of sp³-hybridized carbons (Fsp3) is 0.545. The summed E-state index contributed by atoms with van der Waals surface area (Å²) >= 11 is 0. The zero-order valence-corrected chi connectivity index (χ0v) is 8.57. The van der Waals surface area contributed by atoms with Gasteiger partial charge in [0.25, 0.3) is 0 Å². The molecule has 1 N–H and O–H groups in total. The third-order valence-electron chi connectivity index (χ3n) is 2.81. The highest BCUT2D eigenvalue weighted by molar-refractivity contribution is 5.04. The average molecular weight is 193 g/mol. The summed E-state index contributed by atoms with van der Waals surface area (Å²) in [5.41, 5.74) is 1.29. The first kappa shape index (κ1) is 9.46. The SMILES string of the molecule is CO[n+]1ccccc1C1CCNCC1. The molecule has 1 aliphatic rings. The normalized spacial score (nSPS) is 18.1. The molecular weight excluding hydrogens is 176 g/mol. The standard InChI is InChI=1S/C11H17N2O/c1-14-13-9-3-2-4-11(13)10-5-7-12-8-6-10/h2-4,9-10,12H,5-8H2,1H3/q+1. The van der Waals surface area contributed by atoms with Crippen molar-refractivity contribution in [3.05, 3.63) is 30.1 Å². The maximum absolute atomic E-state index is 5.29. The first-order chi connectivity index (χ1) is 6.92. The summed E-state index contributed by atoms with van der Waals surface area (Å²) in [6.07, 6.45) is 4.37. The van der Waals surface area contributed by atoms with E-state index in [2.05, 4.69) is 17.4 Å². The zero-order chi connectivity index (χ0) is 9.80. The summed E-state index contributed by atoms with van der Waals surface area (Å²) in [4.78, 5) is 5.29. The van der Waals surface area contributed by atoms with Crippen LogP contribution in [0.15, 0.2) is 24.4 Å². The Labute approximate surface area is 84.7 Å². The number of hydrogen-bond acceptors (Lipinski definition) is 2. The molecule has 3 nitrogen and oxygen atoms in total. The predicted octanol–water partition coefficient (Wildman–Crippen LogP) is 0.499. The van der Waals surface area contributed by atoms with Crippen LogP contribution in [0.5, 0.6) is 0 Å². The van der Waals surface area contributed by atoms with Crippen molar-refractivity contribution in [3.63, 3.8) is 0 Å². The second-order valence-corrected chi connectivity index (χ2v) is 3.66. The Morgan fingerprint density at radius 1 is 1.36 bits per heavy atom. The van der Waals surface area contributed by atoms with Gasteiger partial charge in [-0.05, 0) is 32.0 Å². The van der Waals surface area contributed by atoms with Gasteiger partial charge in [0.15, 0.2) is 0 Å². The summed E-state index contributed by atoms with van der Waals surface area (Å²) in [5.74, 6) is 0.636. The van der Waals surface area contributed by atoms with E-state index in [1.165, 1.54) is 18.5 Å². The molecular formula is C11H17N2O+. The van der Waals surface area contributed by atoms with Crippen molar-refractivity contribution in [2.24, 2.45) is 0 Å².